The summed E-state index contributed by atoms with van der Waals surface area (Å²) in [6, 6.07) is -0.392. The highest BCUT2D eigenvalue weighted by molar-refractivity contribution is 5.85. The Labute approximate surface area is 122 Å². The molecule has 0 fully saturated rings. The van der Waals surface area contributed by atoms with Gasteiger partial charge >= 0.3 is 12.0 Å². The summed E-state index contributed by atoms with van der Waals surface area (Å²) in [5.74, 6) is -0.992. The number of carbonyl (C=O) groups excluding carboxylic acids is 1. The van der Waals surface area contributed by atoms with Crippen molar-refractivity contribution in [3.05, 3.63) is 0 Å². The number of hydrogen-bond acceptors (Lipinski definition) is 2. The van der Waals surface area contributed by atoms with Crippen molar-refractivity contribution in [2.24, 2.45) is 0 Å². The van der Waals surface area contributed by atoms with E-state index in [1.807, 2.05) is 6.92 Å². The molecule has 0 heterocycles. The average Bonchev–Trinajstić information content (AvgIpc) is 2.37. The Hall–Kier alpha value is -1.26. The standard InChI is InChI=1S/C15H30N2O3/c1-4-6-7-8-9-10-12-16-14(20)17-15(3,11-5-2)13(18)19/h4-12H2,1-3H3,(H,18,19)(H2,16,17,20). The Morgan fingerprint density at radius 3 is 2.15 bits per heavy atom. The summed E-state index contributed by atoms with van der Waals surface area (Å²) < 4.78 is 0. The zero-order valence-electron chi connectivity index (χ0n) is 13.1. The van der Waals surface area contributed by atoms with Crippen LogP contribution in [-0.4, -0.2) is 29.2 Å². The number of aliphatic carboxylic acids is 1. The first-order valence-corrected chi connectivity index (χ1v) is 7.75. The third-order valence-corrected chi connectivity index (χ3v) is 3.43. The van der Waals surface area contributed by atoms with Crippen molar-refractivity contribution in [3.8, 4) is 0 Å². The fourth-order valence-electron chi connectivity index (χ4n) is 2.12. The molecule has 0 bridgehead atoms. The van der Waals surface area contributed by atoms with Crippen LogP contribution in [0.3, 0.4) is 0 Å². The number of urea groups is 1. The zero-order chi connectivity index (χ0) is 15.4. The summed E-state index contributed by atoms with van der Waals surface area (Å²) in [6.45, 7) is 6.22. The van der Waals surface area contributed by atoms with E-state index in [4.69, 9.17) is 5.11 Å². The van der Waals surface area contributed by atoms with Gasteiger partial charge in [0.25, 0.3) is 0 Å². The van der Waals surface area contributed by atoms with E-state index in [1.165, 1.54) is 25.7 Å². The van der Waals surface area contributed by atoms with Crippen molar-refractivity contribution in [3.63, 3.8) is 0 Å². The van der Waals surface area contributed by atoms with Crippen molar-refractivity contribution < 1.29 is 14.7 Å². The van der Waals surface area contributed by atoms with Crippen LogP contribution in [-0.2, 0) is 4.79 Å². The van der Waals surface area contributed by atoms with Crippen molar-refractivity contribution in [2.75, 3.05) is 6.54 Å². The minimum absolute atomic E-state index is 0.392. The van der Waals surface area contributed by atoms with Crippen molar-refractivity contribution in [1.29, 1.82) is 0 Å². The van der Waals surface area contributed by atoms with Crippen LogP contribution in [0.1, 0.15) is 72.1 Å². The normalized spacial score (nSPS) is 13.6. The number of amides is 2. The molecule has 0 aromatic heterocycles. The number of nitrogens with one attached hydrogen (secondary N) is 2. The molecule has 0 aliphatic rings. The third kappa shape index (κ3) is 8.02. The van der Waals surface area contributed by atoms with E-state index < -0.39 is 17.5 Å². The van der Waals surface area contributed by atoms with Gasteiger partial charge in [-0.05, 0) is 19.8 Å². The summed E-state index contributed by atoms with van der Waals surface area (Å²) in [4.78, 5) is 22.9. The van der Waals surface area contributed by atoms with Crippen molar-refractivity contribution >= 4 is 12.0 Å². The maximum absolute atomic E-state index is 11.7. The second-order valence-electron chi connectivity index (χ2n) is 5.54. The predicted molar refractivity (Wildman–Crippen MR) is 80.9 cm³/mol. The molecule has 0 radical (unpaired) electrons. The van der Waals surface area contributed by atoms with E-state index in [9.17, 15) is 9.59 Å². The number of carbonyl (C=O) groups is 2. The quantitative estimate of drug-likeness (QED) is 0.510. The SMILES string of the molecule is CCCCCCCCNC(=O)NC(C)(CCC)C(=O)O. The van der Waals surface area contributed by atoms with Crippen LogP contribution in [0, 0.1) is 0 Å². The Balaban J connectivity index is 3.84. The predicted octanol–water partition coefficient (Wildman–Crippen LogP) is 3.29. The smallest absolute Gasteiger partial charge is 0.329 e. The van der Waals surface area contributed by atoms with Crippen LogP contribution in [0.2, 0.25) is 0 Å². The van der Waals surface area contributed by atoms with E-state index in [0.717, 1.165) is 12.8 Å². The largest absolute Gasteiger partial charge is 0.480 e. The van der Waals surface area contributed by atoms with Gasteiger partial charge in [-0.1, -0.05) is 52.4 Å². The van der Waals surface area contributed by atoms with Gasteiger partial charge in [0.15, 0.2) is 0 Å². The molecular weight excluding hydrogens is 256 g/mol. The Morgan fingerprint density at radius 1 is 1.00 bits per heavy atom. The molecule has 5 nitrogen and oxygen atoms in total. The van der Waals surface area contributed by atoms with E-state index in [0.29, 0.717) is 19.4 Å². The fraction of sp³-hybridized carbons (Fsp3) is 0.867. The van der Waals surface area contributed by atoms with Gasteiger partial charge in [-0.2, -0.15) is 0 Å². The van der Waals surface area contributed by atoms with Gasteiger partial charge in [0.2, 0.25) is 0 Å². The lowest BCUT2D eigenvalue weighted by Crippen LogP contribution is -2.55. The monoisotopic (exact) mass is 286 g/mol. The molecule has 0 rings (SSSR count). The molecule has 0 saturated heterocycles. The average molecular weight is 286 g/mol. The van der Waals surface area contributed by atoms with Crippen LogP contribution in [0.25, 0.3) is 0 Å². The van der Waals surface area contributed by atoms with Crippen LogP contribution in [0.4, 0.5) is 4.79 Å². The Bertz CT molecular complexity index is 295. The number of hydrogen-bond donors (Lipinski definition) is 3. The number of unbranched alkanes of at least 4 members (excludes halogenated alkanes) is 5. The molecule has 1 unspecified atom stereocenters. The van der Waals surface area contributed by atoms with Crippen LogP contribution in [0.5, 0.6) is 0 Å². The number of carboxylic acid groups (broad SMARTS) is 1. The first kappa shape index (κ1) is 18.7. The Kier molecular flexibility index (Phi) is 9.86. The van der Waals surface area contributed by atoms with Gasteiger partial charge in [-0.15, -0.1) is 0 Å². The summed E-state index contributed by atoms with van der Waals surface area (Å²) in [6.07, 6.45) is 8.11. The molecule has 0 saturated carbocycles. The molecule has 0 aliphatic carbocycles. The molecule has 0 aliphatic heterocycles. The first-order valence-electron chi connectivity index (χ1n) is 7.75. The topological polar surface area (TPSA) is 78.4 Å². The summed E-state index contributed by atoms with van der Waals surface area (Å²) >= 11 is 0. The molecule has 0 aromatic rings. The molecule has 0 spiro atoms. The van der Waals surface area contributed by atoms with E-state index in [-0.39, 0.29) is 0 Å². The molecule has 1 atom stereocenters. The lowest BCUT2D eigenvalue weighted by atomic mass is 9.97. The molecule has 3 N–H and O–H groups in total. The van der Waals surface area contributed by atoms with Crippen LogP contribution < -0.4 is 10.6 Å². The van der Waals surface area contributed by atoms with Gasteiger partial charge in [0.05, 0.1) is 0 Å². The second-order valence-corrected chi connectivity index (χ2v) is 5.54. The Morgan fingerprint density at radius 2 is 1.60 bits per heavy atom. The van der Waals surface area contributed by atoms with Gasteiger partial charge in [0, 0.05) is 6.54 Å². The number of carboxylic acids is 1. The highest BCUT2D eigenvalue weighted by Gasteiger charge is 2.33. The molecular formula is C15H30N2O3. The number of rotatable bonds is 11. The van der Waals surface area contributed by atoms with Gasteiger partial charge in [-0.25, -0.2) is 9.59 Å². The molecule has 0 aromatic carbocycles. The van der Waals surface area contributed by atoms with E-state index in [1.54, 1.807) is 6.92 Å². The highest BCUT2D eigenvalue weighted by Crippen LogP contribution is 2.12. The molecule has 20 heavy (non-hydrogen) atoms. The maximum atomic E-state index is 11.7. The highest BCUT2D eigenvalue weighted by atomic mass is 16.4. The minimum atomic E-state index is -1.18. The van der Waals surface area contributed by atoms with Gasteiger partial charge in [-0.3, -0.25) is 0 Å². The molecule has 118 valence electrons. The lowest BCUT2D eigenvalue weighted by Gasteiger charge is -2.25. The third-order valence-electron chi connectivity index (χ3n) is 3.43. The van der Waals surface area contributed by atoms with Crippen LogP contribution in [0.15, 0.2) is 0 Å². The van der Waals surface area contributed by atoms with E-state index in [2.05, 4.69) is 17.6 Å². The fourth-order valence-corrected chi connectivity index (χ4v) is 2.12. The van der Waals surface area contributed by atoms with Crippen molar-refractivity contribution in [2.45, 2.75) is 77.7 Å². The molecule has 5 heteroatoms. The summed E-state index contributed by atoms with van der Waals surface area (Å²) in [5, 5.41) is 14.4. The van der Waals surface area contributed by atoms with Crippen molar-refractivity contribution in [1.82, 2.24) is 10.6 Å². The van der Waals surface area contributed by atoms with Crippen LogP contribution >= 0.6 is 0 Å². The second kappa shape index (κ2) is 10.5. The zero-order valence-corrected chi connectivity index (χ0v) is 13.1. The summed E-state index contributed by atoms with van der Waals surface area (Å²) in [7, 11) is 0. The van der Waals surface area contributed by atoms with E-state index >= 15 is 0 Å². The van der Waals surface area contributed by atoms with Gasteiger partial charge < -0.3 is 15.7 Å². The first-order chi connectivity index (χ1) is 9.46. The lowest BCUT2D eigenvalue weighted by molar-refractivity contribution is -0.144. The van der Waals surface area contributed by atoms with Gasteiger partial charge in [0.1, 0.15) is 5.54 Å². The summed E-state index contributed by atoms with van der Waals surface area (Å²) in [5.41, 5.74) is -1.18. The molecule has 2 amide bonds. The minimum Gasteiger partial charge on any atom is -0.480 e. The maximum Gasteiger partial charge on any atom is 0.329 e.